The van der Waals surface area contributed by atoms with E-state index in [4.69, 9.17) is 4.74 Å². The zero-order valence-electron chi connectivity index (χ0n) is 17.9. The maximum Gasteiger partial charge on any atom is 0.406 e. The number of rotatable bonds is 8. The monoisotopic (exact) mass is 557 g/mol. The third-order valence-electron chi connectivity index (χ3n) is 4.62. The highest BCUT2D eigenvalue weighted by Crippen LogP contribution is 2.16. The molecule has 11 heteroatoms. The van der Waals surface area contributed by atoms with Gasteiger partial charge in [0.25, 0.3) is 0 Å². The number of amides is 1. The Morgan fingerprint density at radius 3 is 2.45 bits per heavy atom. The maximum atomic E-state index is 12.4. The quantitative estimate of drug-likeness (QED) is 0.292. The maximum absolute atomic E-state index is 12.4. The molecule has 1 amide bonds. The molecule has 2 N–H and O–H groups in total. The molecule has 0 aliphatic carbocycles. The van der Waals surface area contributed by atoms with E-state index in [-0.39, 0.29) is 30.5 Å². The molecular weight excluding hydrogens is 526 g/mol. The van der Waals surface area contributed by atoms with Crippen LogP contribution in [-0.2, 0) is 22.6 Å². The Morgan fingerprint density at radius 2 is 1.84 bits per heavy atom. The smallest absolute Gasteiger partial charge is 0.379 e. The summed E-state index contributed by atoms with van der Waals surface area (Å²) in [5.41, 5.74) is 2.22. The van der Waals surface area contributed by atoms with Crippen LogP contribution < -0.4 is 10.6 Å². The van der Waals surface area contributed by atoms with Crippen molar-refractivity contribution in [2.24, 2.45) is 4.99 Å². The highest BCUT2D eigenvalue weighted by atomic mass is 127. The molecule has 0 atom stereocenters. The van der Waals surface area contributed by atoms with E-state index in [0.717, 1.165) is 45.5 Å². The largest absolute Gasteiger partial charge is 0.406 e. The molecule has 0 saturated carbocycles. The van der Waals surface area contributed by atoms with Crippen LogP contribution in [0.1, 0.15) is 18.1 Å². The van der Waals surface area contributed by atoms with Gasteiger partial charge in [-0.15, -0.1) is 24.0 Å². The van der Waals surface area contributed by atoms with E-state index in [1.807, 2.05) is 25.1 Å². The highest BCUT2D eigenvalue weighted by Gasteiger charge is 2.31. The van der Waals surface area contributed by atoms with Gasteiger partial charge in [0.2, 0.25) is 5.91 Å². The van der Waals surface area contributed by atoms with E-state index >= 15 is 0 Å². The molecule has 7 nitrogen and oxygen atoms in total. The Balaban J connectivity index is 0.00000480. The van der Waals surface area contributed by atoms with Gasteiger partial charge < -0.3 is 20.3 Å². The number of alkyl halides is 3. The van der Waals surface area contributed by atoms with Gasteiger partial charge in [0.15, 0.2) is 5.96 Å². The average molecular weight is 557 g/mol. The number of guanidine groups is 1. The summed E-state index contributed by atoms with van der Waals surface area (Å²) in [4.78, 5) is 19.4. The number of hydrogen-bond donors (Lipinski definition) is 2. The van der Waals surface area contributed by atoms with E-state index in [2.05, 4.69) is 26.6 Å². The molecule has 1 aromatic rings. The minimum atomic E-state index is -4.42. The fraction of sp³-hybridized carbons (Fsp3) is 0.600. The minimum Gasteiger partial charge on any atom is -0.379 e. The second-order valence-corrected chi connectivity index (χ2v) is 7.07. The van der Waals surface area contributed by atoms with Crippen LogP contribution >= 0.6 is 24.0 Å². The van der Waals surface area contributed by atoms with E-state index in [0.29, 0.717) is 23.9 Å². The van der Waals surface area contributed by atoms with Gasteiger partial charge in [0.1, 0.15) is 6.54 Å². The van der Waals surface area contributed by atoms with Crippen LogP contribution in [0.2, 0.25) is 0 Å². The van der Waals surface area contributed by atoms with Gasteiger partial charge in [-0.25, -0.2) is 4.99 Å². The Labute approximate surface area is 198 Å². The molecule has 0 spiro atoms. The van der Waals surface area contributed by atoms with Crippen molar-refractivity contribution in [3.63, 3.8) is 0 Å². The van der Waals surface area contributed by atoms with Gasteiger partial charge in [0.05, 0.1) is 26.3 Å². The number of aliphatic imine (C=N–C) groups is 1. The summed E-state index contributed by atoms with van der Waals surface area (Å²) in [5, 5.41) is 5.83. The van der Waals surface area contributed by atoms with Gasteiger partial charge in [-0.05, 0) is 18.1 Å². The predicted octanol–water partition coefficient (Wildman–Crippen LogP) is 2.21. The van der Waals surface area contributed by atoms with Crippen LogP contribution in [0.4, 0.5) is 13.2 Å². The lowest BCUT2D eigenvalue weighted by atomic mass is 10.1. The number of nitrogens with one attached hydrogen (secondary N) is 2. The molecule has 0 aromatic heterocycles. The van der Waals surface area contributed by atoms with Crippen molar-refractivity contribution in [2.45, 2.75) is 26.2 Å². The van der Waals surface area contributed by atoms with Crippen LogP contribution in [-0.4, -0.2) is 80.8 Å². The first-order chi connectivity index (χ1) is 14.3. The van der Waals surface area contributed by atoms with E-state index < -0.39 is 18.6 Å². The summed E-state index contributed by atoms with van der Waals surface area (Å²) in [7, 11) is 1.13. The standard InChI is InChI=1S/C20H30F3N5O2.HI/c1-3-24-19(26-13-18(29)27(2)15-20(21,22)23)25-12-16-6-4-5-7-17(16)14-28-8-10-30-11-9-28;/h4-7H,3,8-15H2,1-2H3,(H2,24,25,26);1H. The Kier molecular flexibility index (Phi) is 12.2. The first kappa shape index (κ1) is 27.4. The molecule has 0 radical (unpaired) electrons. The van der Waals surface area contributed by atoms with Gasteiger partial charge in [-0.1, -0.05) is 24.3 Å². The lowest BCUT2D eigenvalue weighted by Gasteiger charge is -2.27. The molecule has 0 bridgehead atoms. The van der Waals surface area contributed by atoms with Crippen LogP contribution in [0.5, 0.6) is 0 Å². The summed E-state index contributed by atoms with van der Waals surface area (Å²) < 4.78 is 42.7. The third-order valence-corrected chi connectivity index (χ3v) is 4.62. The van der Waals surface area contributed by atoms with Crippen molar-refractivity contribution in [3.05, 3.63) is 35.4 Å². The lowest BCUT2D eigenvalue weighted by Crippen LogP contribution is -2.45. The Bertz CT molecular complexity index is 712. The second kappa shape index (κ2) is 13.7. The molecule has 2 rings (SSSR count). The number of nitrogens with zero attached hydrogens (tertiary/aromatic N) is 3. The number of halogens is 4. The van der Waals surface area contributed by atoms with E-state index in [1.165, 1.54) is 5.56 Å². The molecular formula is C20H31F3IN5O2. The summed E-state index contributed by atoms with van der Waals surface area (Å²) in [6.07, 6.45) is -4.42. The van der Waals surface area contributed by atoms with Crippen LogP contribution in [0.15, 0.2) is 29.3 Å². The zero-order chi connectivity index (χ0) is 22.0. The summed E-state index contributed by atoms with van der Waals surface area (Å²) in [5.74, 6) is -0.280. The number of carbonyl (C=O) groups is 1. The van der Waals surface area contributed by atoms with Crippen molar-refractivity contribution in [1.29, 1.82) is 0 Å². The molecule has 1 aliphatic heterocycles. The number of morpholine rings is 1. The minimum absolute atomic E-state index is 0. The van der Waals surface area contributed by atoms with Gasteiger partial charge in [-0.2, -0.15) is 13.2 Å². The van der Waals surface area contributed by atoms with Crippen molar-refractivity contribution < 1.29 is 22.7 Å². The summed E-state index contributed by atoms with van der Waals surface area (Å²) >= 11 is 0. The SMILES string of the molecule is CCNC(=NCc1ccccc1CN1CCOCC1)NCC(=O)N(C)CC(F)(F)F.I. The number of carbonyl (C=O) groups excluding carboxylic acids is 1. The lowest BCUT2D eigenvalue weighted by molar-refractivity contribution is -0.157. The number of likely N-dealkylation sites (N-methyl/N-ethyl adjacent to an activating group) is 1. The molecule has 0 unspecified atom stereocenters. The van der Waals surface area contributed by atoms with Crippen molar-refractivity contribution in [1.82, 2.24) is 20.4 Å². The van der Waals surface area contributed by atoms with Crippen LogP contribution in [0, 0.1) is 0 Å². The Hall–Kier alpha value is -1.60. The molecule has 31 heavy (non-hydrogen) atoms. The highest BCUT2D eigenvalue weighted by molar-refractivity contribution is 14.0. The molecule has 1 heterocycles. The normalized spacial score (nSPS) is 15.2. The first-order valence-electron chi connectivity index (χ1n) is 9.98. The van der Waals surface area contributed by atoms with Crippen LogP contribution in [0.3, 0.4) is 0 Å². The fourth-order valence-electron chi connectivity index (χ4n) is 3.02. The number of benzene rings is 1. The average Bonchev–Trinajstić information content (AvgIpc) is 2.70. The molecule has 1 aliphatic rings. The van der Waals surface area contributed by atoms with Gasteiger partial charge in [-0.3, -0.25) is 9.69 Å². The molecule has 1 fully saturated rings. The fourth-order valence-corrected chi connectivity index (χ4v) is 3.02. The van der Waals surface area contributed by atoms with E-state index in [1.54, 1.807) is 0 Å². The summed E-state index contributed by atoms with van der Waals surface area (Å²) in [6.45, 7) is 5.31. The number of ether oxygens (including phenoxy) is 1. The topological polar surface area (TPSA) is 69.2 Å². The predicted molar refractivity (Wildman–Crippen MR) is 124 cm³/mol. The third kappa shape index (κ3) is 10.5. The van der Waals surface area contributed by atoms with Gasteiger partial charge in [0, 0.05) is 33.2 Å². The van der Waals surface area contributed by atoms with Crippen molar-refractivity contribution in [2.75, 3.05) is 53.0 Å². The first-order valence-corrected chi connectivity index (χ1v) is 9.98. The molecule has 1 aromatic carbocycles. The van der Waals surface area contributed by atoms with Crippen molar-refractivity contribution >= 4 is 35.8 Å². The van der Waals surface area contributed by atoms with Crippen molar-refractivity contribution in [3.8, 4) is 0 Å². The van der Waals surface area contributed by atoms with Crippen LogP contribution in [0.25, 0.3) is 0 Å². The Morgan fingerprint density at radius 1 is 1.19 bits per heavy atom. The zero-order valence-corrected chi connectivity index (χ0v) is 20.2. The van der Waals surface area contributed by atoms with E-state index in [9.17, 15) is 18.0 Å². The summed E-state index contributed by atoms with van der Waals surface area (Å²) in [6, 6.07) is 8.01. The molecule has 1 saturated heterocycles. The molecule has 176 valence electrons. The number of hydrogen-bond acceptors (Lipinski definition) is 4. The van der Waals surface area contributed by atoms with Gasteiger partial charge >= 0.3 is 6.18 Å². The second-order valence-electron chi connectivity index (χ2n) is 7.07.